The Bertz CT molecular complexity index is 961. The topological polar surface area (TPSA) is 63.5 Å². The highest BCUT2D eigenvalue weighted by atomic mass is 32.1. The SMILES string of the molecule is O=C(NCCc1ccc(C(F)(F)F)cc1)c1cnc2sccn2c1=O. The minimum atomic E-state index is -4.37. The van der Waals surface area contributed by atoms with E-state index >= 15 is 0 Å². The number of carbonyl (C=O) groups excluding carboxylic acids is 1. The van der Waals surface area contributed by atoms with Crippen molar-refractivity contribution >= 4 is 22.2 Å². The molecule has 0 spiro atoms. The molecule has 0 saturated carbocycles. The van der Waals surface area contributed by atoms with Crippen LogP contribution in [0.3, 0.4) is 0 Å². The van der Waals surface area contributed by atoms with Crippen molar-refractivity contribution in [2.75, 3.05) is 6.54 Å². The van der Waals surface area contributed by atoms with Gasteiger partial charge >= 0.3 is 6.18 Å². The van der Waals surface area contributed by atoms with Crippen LogP contribution in [0.4, 0.5) is 13.2 Å². The molecule has 0 radical (unpaired) electrons. The number of thiazole rings is 1. The van der Waals surface area contributed by atoms with Crippen molar-refractivity contribution in [1.29, 1.82) is 0 Å². The zero-order valence-electron chi connectivity index (χ0n) is 12.7. The Morgan fingerprint density at radius 2 is 1.96 bits per heavy atom. The number of nitrogens with zero attached hydrogens (tertiary/aromatic N) is 2. The third-order valence-corrected chi connectivity index (χ3v) is 4.34. The number of alkyl halides is 3. The summed E-state index contributed by atoms with van der Waals surface area (Å²) >= 11 is 1.28. The first kappa shape index (κ1) is 17.2. The maximum atomic E-state index is 12.5. The van der Waals surface area contributed by atoms with Gasteiger partial charge in [-0.25, -0.2) is 4.98 Å². The molecule has 0 atom stereocenters. The lowest BCUT2D eigenvalue weighted by atomic mass is 10.1. The zero-order chi connectivity index (χ0) is 18.0. The number of benzene rings is 1. The van der Waals surface area contributed by atoms with Crippen molar-refractivity contribution in [2.24, 2.45) is 0 Å². The number of aromatic nitrogens is 2. The molecule has 0 saturated heterocycles. The number of fused-ring (bicyclic) bond motifs is 1. The van der Waals surface area contributed by atoms with Crippen molar-refractivity contribution in [3.8, 4) is 0 Å². The molecule has 25 heavy (non-hydrogen) atoms. The number of rotatable bonds is 4. The van der Waals surface area contributed by atoms with Crippen LogP contribution in [0.1, 0.15) is 21.5 Å². The fourth-order valence-corrected chi connectivity index (χ4v) is 2.93. The molecule has 0 bridgehead atoms. The van der Waals surface area contributed by atoms with Crippen molar-refractivity contribution in [3.05, 3.63) is 69.1 Å². The molecule has 0 fully saturated rings. The lowest BCUT2D eigenvalue weighted by Crippen LogP contribution is -2.32. The van der Waals surface area contributed by atoms with Gasteiger partial charge in [-0.15, -0.1) is 11.3 Å². The largest absolute Gasteiger partial charge is 0.416 e. The molecule has 3 rings (SSSR count). The summed E-state index contributed by atoms with van der Waals surface area (Å²) in [4.78, 5) is 28.8. The third-order valence-electron chi connectivity index (χ3n) is 3.57. The minimum Gasteiger partial charge on any atom is -0.351 e. The quantitative estimate of drug-likeness (QED) is 0.771. The molecule has 5 nitrogen and oxygen atoms in total. The molecule has 1 N–H and O–H groups in total. The van der Waals surface area contributed by atoms with E-state index in [4.69, 9.17) is 0 Å². The Morgan fingerprint density at radius 1 is 1.24 bits per heavy atom. The lowest BCUT2D eigenvalue weighted by Gasteiger charge is -2.08. The molecule has 1 aromatic carbocycles. The Morgan fingerprint density at radius 3 is 2.64 bits per heavy atom. The number of halogens is 3. The van der Waals surface area contributed by atoms with Crippen LogP contribution >= 0.6 is 11.3 Å². The van der Waals surface area contributed by atoms with Gasteiger partial charge in [-0.3, -0.25) is 14.0 Å². The molecular formula is C16H12F3N3O2S. The van der Waals surface area contributed by atoms with Crippen molar-refractivity contribution < 1.29 is 18.0 Å². The number of hydrogen-bond donors (Lipinski definition) is 1. The van der Waals surface area contributed by atoms with Crippen LogP contribution in [0, 0.1) is 0 Å². The van der Waals surface area contributed by atoms with Gasteiger partial charge < -0.3 is 5.32 Å². The third kappa shape index (κ3) is 3.71. The Balaban J connectivity index is 1.62. The highest BCUT2D eigenvalue weighted by Crippen LogP contribution is 2.29. The van der Waals surface area contributed by atoms with Crippen molar-refractivity contribution in [3.63, 3.8) is 0 Å². The average Bonchev–Trinajstić information content (AvgIpc) is 3.04. The summed E-state index contributed by atoms with van der Waals surface area (Å²) in [5.41, 5.74) is -0.610. The zero-order valence-corrected chi connectivity index (χ0v) is 13.5. The summed E-state index contributed by atoms with van der Waals surface area (Å²) in [6.07, 6.45) is -1.27. The first-order valence-electron chi connectivity index (χ1n) is 7.25. The van der Waals surface area contributed by atoms with Crippen molar-refractivity contribution in [2.45, 2.75) is 12.6 Å². The second-order valence-electron chi connectivity index (χ2n) is 5.23. The maximum absolute atomic E-state index is 12.5. The normalized spacial score (nSPS) is 11.6. The van der Waals surface area contributed by atoms with E-state index in [1.54, 1.807) is 5.38 Å². The molecule has 9 heteroatoms. The first-order valence-corrected chi connectivity index (χ1v) is 8.13. The fraction of sp³-hybridized carbons (Fsp3) is 0.188. The summed E-state index contributed by atoms with van der Waals surface area (Å²) < 4.78 is 38.8. The molecule has 130 valence electrons. The molecule has 0 unspecified atom stereocenters. The average molecular weight is 367 g/mol. The molecule has 2 heterocycles. The predicted octanol–water partition coefficient (Wildman–Crippen LogP) is 2.75. The first-order chi connectivity index (χ1) is 11.9. The standard InChI is InChI=1S/C16H12F3N3O2S/c17-16(18,19)11-3-1-10(2-4-11)5-6-20-13(23)12-9-21-15-22(14(12)24)7-8-25-15/h1-4,7-9H,5-6H2,(H,20,23). The van der Waals surface area contributed by atoms with E-state index in [1.165, 1.54) is 40.3 Å². The van der Waals surface area contributed by atoms with E-state index in [1.807, 2.05) is 0 Å². The molecular weight excluding hydrogens is 355 g/mol. The van der Waals surface area contributed by atoms with Crippen LogP contribution in [-0.2, 0) is 12.6 Å². The highest BCUT2D eigenvalue weighted by Gasteiger charge is 2.29. The molecule has 0 aliphatic heterocycles. The van der Waals surface area contributed by atoms with Gasteiger partial charge in [0.2, 0.25) is 0 Å². The van der Waals surface area contributed by atoms with Gasteiger partial charge in [0.1, 0.15) is 5.56 Å². The van der Waals surface area contributed by atoms with Gasteiger partial charge in [-0.1, -0.05) is 12.1 Å². The van der Waals surface area contributed by atoms with E-state index in [0.717, 1.165) is 12.1 Å². The van der Waals surface area contributed by atoms with Gasteiger partial charge in [0.25, 0.3) is 11.5 Å². The van der Waals surface area contributed by atoms with Gasteiger partial charge in [-0.05, 0) is 24.1 Å². The van der Waals surface area contributed by atoms with Gasteiger partial charge in [-0.2, -0.15) is 13.2 Å². The second kappa shape index (κ2) is 6.67. The lowest BCUT2D eigenvalue weighted by molar-refractivity contribution is -0.137. The van der Waals surface area contributed by atoms with Crippen LogP contribution < -0.4 is 10.9 Å². The minimum absolute atomic E-state index is 0.0803. The van der Waals surface area contributed by atoms with Crippen LogP contribution in [0.5, 0.6) is 0 Å². The maximum Gasteiger partial charge on any atom is 0.416 e. The Kier molecular flexibility index (Phi) is 4.58. The molecule has 0 aliphatic rings. The van der Waals surface area contributed by atoms with E-state index in [9.17, 15) is 22.8 Å². The van der Waals surface area contributed by atoms with E-state index in [2.05, 4.69) is 10.3 Å². The van der Waals surface area contributed by atoms with Crippen LogP contribution in [0.25, 0.3) is 4.96 Å². The van der Waals surface area contributed by atoms with E-state index in [-0.39, 0.29) is 12.1 Å². The fourth-order valence-electron chi connectivity index (χ4n) is 2.26. The number of amides is 1. The molecule has 1 amide bonds. The molecule has 2 aromatic heterocycles. The summed E-state index contributed by atoms with van der Waals surface area (Å²) in [5, 5.41) is 4.27. The summed E-state index contributed by atoms with van der Waals surface area (Å²) in [6, 6.07) is 4.72. The molecule has 0 aliphatic carbocycles. The van der Waals surface area contributed by atoms with Gasteiger partial charge in [0.15, 0.2) is 4.96 Å². The van der Waals surface area contributed by atoms with Gasteiger partial charge in [0.05, 0.1) is 5.56 Å². The number of hydrogen-bond acceptors (Lipinski definition) is 4. The Labute approximate surface area is 143 Å². The molecule has 3 aromatic rings. The second-order valence-corrected chi connectivity index (χ2v) is 6.11. The van der Waals surface area contributed by atoms with Crippen LogP contribution in [-0.4, -0.2) is 21.8 Å². The van der Waals surface area contributed by atoms with Crippen molar-refractivity contribution in [1.82, 2.24) is 14.7 Å². The summed E-state index contributed by atoms with van der Waals surface area (Å²) in [5.74, 6) is -0.565. The summed E-state index contributed by atoms with van der Waals surface area (Å²) in [6.45, 7) is 0.190. The van der Waals surface area contributed by atoms with E-state index < -0.39 is 23.2 Å². The Hall–Kier alpha value is -2.68. The van der Waals surface area contributed by atoms with Crippen LogP contribution in [0.15, 0.2) is 46.8 Å². The smallest absolute Gasteiger partial charge is 0.351 e. The van der Waals surface area contributed by atoms with E-state index in [0.29, 0.717) is 16.9 Å². The highest BCUT2D eigenvalue weighted by molar-refractivity contribution is 7.15. The van der Waals surface area contributed by atoms with Crippen LogP contribution in [0.2, 0.25) is 0 Å². The number of carbonyl (C=O) groups is 1. The number of nitrogens with one attached hydrogen (secondary N) is 1. The predicted molar refractivity (Wildman–Crippen MR) is 86.8 cm³/mol. The monoisotopic (exact) mass is 367 g/mol. The van der Waals surface area contributed by atoms with Gasteiger partial charge in [0, 0.05) is 24.3 Å². The summed E-state index contributed by atoms with van der Waals surface area (Å²) in [7, 11) is 0.